The molecule has 2 aliphatic rings. The standard InChI is InChI=1S/C12H16O5/c1-11(2,3)16-17-12-5-4-8(13)6-9(12)15-10(14)7-12/h4-5,9H,6-7H2,1-3H3/t9-,12+/m1/s1. The van der Waals surface area contributed by atoms with Gasteiger partial charge in [-0.3, -0.25) is 9.59 Å². The van der Waals surface area contributed by atoms with Crippen LogP contribution >= 0.6 is 0 Å². The zero-order chi connectivity index (χ0) is 12.7. The van der Waals surface area contributed by atoms with Gasteiger partial charge in [-0.15, -0.1) is 0 Å². The Labute approximate surface area is 99.6 Å². The van der Waals surface area contributed by atoms with E-state index >= 15 is 0 Å². The van der Waals surface area contributed by atoms with Crippen molar-refractivity contribution < 1.29 is 24.1 Å². The number of carbonyl (C=O) groups excluding carboxylic acids is 2. The topological polar surface area (TPSA) is 61.8 Å². The largest absolute Gasteiger partial charge is 0.458 e. The van der Waals surface area contributed by atoms with Gasteiger partial charge in [-0.25, -0.2) is 9.78 Å². The van der Waals surface area contributed by atoms with Crippen molar-refractivity contribution >= 4 is 11.8 Å². The quantitative estimate of drug-likeness (QED) is 0.414. The van der Waals surface area contributed by atoms with E-state index in [1.165, 1.54) is 6.08 Å². The molecule has 0 aromatic carbocycles. The lowest BCUT2D eigenvalue weighted by atomic mass is 9.87. The Morgan fingerprint density at radius 2 is 2.12 bits per heavy atom. The Kier molecular flexibility index (Phi) is 2.83. The van der Waals surface area contributed by atoms with Crippen LogP contribution in [0.2, 0.25) is 0 Å². The smallest absolute Gasteiger partial charge is 0.309 e. The van der Waals surface area contributed by atoms with Crippen molar-refractivity contribution in [2.45, 2.75) is 50.9 Å². The molecule has 0 amide bonds. The van der Waals surface area contributed by atoms with Crippen molar-refractivity contribution in [2.75, 3.05) is 0 Å². The third-order valence-electron chi connectivity index (χ3n) is 2.62. The maximum atomic E-state index is 11.3. The summed E-state index contributed by atoms with van der Waals surface area (Å²) in [5.41, 5.74) is -1.43. The van der Waals surface area contributed by atoms with Crippen molar-refractivity contribution in [2.24, 2.45) is 0 Å². The van der Waals surface area contributed by atoms with Crippen molar-refractivity contribution in [1.82, 2.24) is 0 Å². The number of allylic oxidation sites excluding steroid dienone is 1. The Morgan fingerprint density at radius 3 is 2.76 bits per heavy atom. The molecule has 5 nitrogen and oxygen atoms in total. The highest BCUT2D eigenvalue weighted by molar-refractivity contribution is 5.93. The third kappa shape index (κ3) is 2.56. The predicted molar refractivity (Wildman–Crippen MR) is 57.9 cm³/mol. The zero-order valence-corrected chi connectivity index (χ0v) is 10.2. The number of fused-ring (bicyclic) bond motifs is 1. The maximum absolute atomic E-state index is 11.3. The lowest BCUT2D eigenvalue weighted by molar-refractivity contribution is -0.398. The van der Waals surface area contributed by atoms with Gasteiger partial charge in [0.1, 0.15) is 6.10 Å². The molecule has 0 saturated carbocycles. The van der Waals surface area contributed by atoms with E-state index in [2.05, 4.69) is 0 Å². The van der Waals surface area contributed by atoms with Crippen LogP contribution in [-0.4, -0.2) is 29.1 Å². The van der Waals surface area contributed by atoms with Crippen molar-refractivity contribution in [1.29, 1.82) is 0 Å². The molecular formula is C12H16O5. The summed E-state index contributed by atoms with van der Waals surface area (Å²) in [5, 5.41) is 0. The van der Waals surface area contributed by atoms with Crippen LogP contribution in [0.4, 0.5) is 0 Å². The van der Waals surface area contributed by atoms with E-state index in [-0.39, 0.29) is 24.6 Å². The number of esters is 1. The molecule has 17 heavy (non-hydrogen) atoms. The van der Waals surface area contributed by atoms with Crippen molar-refractivity contribution in [3.8, 4) is 0 Å². The van der Waals surface area contributed by atoms with Crippen LogP contribution in [0.3, 0.4) is 0 Å². The Balaban J connectivity index is 2.17. The number of hydrogen-bond donors (Lipinski definition) is 0. The molecule has 2 rings (SSSR count). The minimum Gasteiger partial charge on any atom is -0.458 e. The van der Waals surface area contributed by atoms with E-state index in [0.29, 0.717) is 0 Å². The number of ketones is 1. The molecule has 0 aromatic heterocycles. The molecule has 94 valence electrons. The number of rotatable bonds is 2. The summed E-state index contributed by atoms with van der Waals surface area (Å²) in [6.45, 7) is 5.52. The van der Waals surface area contributed by atoms with Crippen LogP contribution in [0.1, 0.15) is 33.6 Å². The van der Waals surface area contributed by atoms with Gasteiger partial charge in [-0.2, -0.15) is 0 Å². The fraction of sp³-hybridized carbons (Fsp3) is 0.667. The molecule has 1 heterocycles. The molecule has 0 aromatic rings. The van der Waals surface area contributed by atoms with Crippen molar-refractivity contribution in [3.63, 3.8) is 0 Å². The normalized spacial score (nSPS) is 32.5. The second kappa shape index (κ2) is 3.92. The Bertz CT molecular complexity index is 379. The van der Waals surface area contributed by atoms with E-state index in [4.69, 9.17) is 14.5 Å². The van der Waals surface area contributed by atoms with E-state index in [1.54, 1.807) is 6.08 Å². The monoisotopic (exact) mass is 240 g/mol. The first-order valence-electron chi connectivity index (χ1n) is 5.59. The van der Waals surface area contributed by atoms with Crippen LogP contribution in [0.5, 0.6) is 0 Å². The first-order chi connectivity index (χ1) is 7.81. The second-order valence-corrected chi connectivity index (χ2v) is 5.39. The Morgan fingerprint density at radius 1 is 1.41 bits per heavy atom. The van der Waals surface area contributed by atoms with Gasteiger partial charge in [-0.1, -0.05) is 0 Å². The minimum atomic E-state index is -0.946. The summed E-state index contributed by atoms with van der Waals surface area (Å²) in [7, 11) is 0. The van der Waals surface area contributed by atoms with Crippen molar-refractivity contribution in [3.05, 3.63) is 12.2 Å². The van der Waals surface area contributed by atoms with E-state index in [0.717, 1.165) is 0 Å². The van der Waals surface area contributed by atoms with E-state index in [1.807, 2.05) is 20.8 Å². The summed E-state index contributed by atoms with van der Waals surface area (Å²) in [4.78, 5) is 33.3. The number of carbonyl (C=O) groups is 2. The third-order valence-corrected chi connectivity index (χ3v) is 2.62. The first-order valence-corrected chi connectivity index (χ1v) is 5.59. The van der Waals surface area contributed by atoms with Gasteiger partial charge in [0.05, 0.1) is 18.4 Å². The molecule has 1 saturated heterocycles. The van der Waals surface area contributed by atoms with Gasteiger partial charge in [0.2, 0.25) is 0 Å². The van der Waals surface area contributed by atoms with Gasteiger partial charge in [-0.05, 0) is 32.9 Å². The second-order valence-electron chi connectivity index (χ2n) is 5.39. The molecule has 1 aliphatic carbocycles. The lowest BCUT2D eigenvalue weighted by Gasteiger charge is -2.32. The minimum absolute atomic E-state index is 0.0697. The number of hydrogen-bond acceptors (Lipinski definition) is 5. The molecule has 1 fully saturated rings. The molecule has 0 spiro atoms. The zero-order valence-electron chi connectivity index (χ0n) is 10.2. The van der Waals surface area contributed by atoms with Crippen LogP contribution in [0, 0.1) is 0 Å². The maximum Gasteiger partial charge on any atom is 0.309 e. The summed E-state index contributed by atoms with van der Waals surface area (Å²) in [6.07, 6.45) is 2.65. The summed E-state index contributed by atoms with van der Waals surface area (Å²) < 4.78 is 5.09. The highest BCUT2D eigenvalue weighted by Crippen LogP contribution is 2.38. The average Bonchev–Trinajstić information content (AvgIpc) is 2.50. The van der Waals surface area contributed by atoms with Crippen LogP contribution in [0.15, 0.2) is 12.2 Å². The molecule has 1 aliphatic heterocycles. The molecule has 0 radical (unpaired) electrons. The highest BCUT2D eigenvalue weighted by Gasteiger charge is 2.52. The van der Waals surface area contributed by atoms with E-state index in [9.17, 15) is 9.59 Å². The molecule has 0 N–H and O–H groups in total. The summed E-state index contributed by atoms with van der Waals surface area (Å²) >= 11 is 0. The van der Waals surface area contributed by atoms with E-state index < -0.39 is 17.3 Å². The Hall–Kier alpha value is -1.20. The molecule has 0 bridgehead atoms. The fourth-order valence-electron chi connectivity index (χ4n) is 1.82. The summed E-state index contributed by atoms with van der Waals surface area (Å²) in [6, 6.07) is 0. The van der Waals surface area contributed by atoms with Crippen LogP contribution in [0.25, 0.3) is 0 Å². The van der Waals surface area contributed by atoms with Crippen LogP contribution < -0.4 is 0 Å². The van der Waals surface area contributed by atoms with Gasteiger partial charge in [0.15, 0.2) is 11.4 Å². The molecule has 0 unspecified atom stereocenters. The molecule has 2 atom stereocenters. The van der Waals surface area contributed by atoms with Gasteiger partial charge >= 0.3 is 5.97 Å². The fourth-order valence-corrected chi connectivity index (χ4v) is 1.82. The molecule has 5 heteroatoms. The molecular weight excluding hydrogens is 224 g/mol. The SMILES string of the molecule is CC(C)(C)OO[C@]12C=CC(=O)C[C@H]1OC(=O)C2. The van der Waals surface area contributed by atoms with Gasteiger partial charge in [0.25, 0.3) is 0 Å². The van der Waals surface area contributed by atoms with Crippen LogP contribution in [-0.2, 0) is 24.1 Å². The summed E-state index contributed by atoms with van der Waals surface area (Å²) in [5.74, 6) is -0.438. The highest BCUT2D eigenvalue weighted by atomic mass is 17.2. The predicted octanol–water partition coefficient (Wildman–Crippen LogP) is 1.32. The number of ether oxygens (including phenoxy) is 1. The van der Waals surface area contributed by atoms with Gasteiger partial charge < -0.3 is 4.74 Å². The average molecular weight is 240 g/mol. The van der Waals surface area contributed by atoms with Gasteiger partial charge in [0, 0.05) is 0 Å². The lowest BCUT2D eigenvalue weighted by Crippen LogP contribution is -2.44. The first kappa shape index (κ1) is 12.3.